The van der Waals surface area contributed by atoms with Crippen LogP contribution in [0, 0.1) is 18.2 Å². The van der Waals surface area contributed by atoms with E-state index in [1.54, 1.807) is 7.11 Å². The lowest BCUT2D eigenvalue weighted by Crippen LogP contribution is -2.53. The van der Waals surface area contributed by atoms with E-state index < -0.39 is 23.3 Å². The number of terminal acetylenes is 1. The summed E-state index contributed by atoms with van der Waals surface area (Å²) in [6.45, 7) is 2.52. The number of halogens is 2. The molecule has 53 heavy (non-hydrogen) atoms. The van der Waals surface area contributed by atoms with Crippen molar-refractivity contribution in [1.82, 2.24) is 29.7 Å². The maximum atomic E-state index is 15.0. The molecule has 0 amide bonds. The molecule has 13 nitrogen and oxygen atoms in total. The highest BCUT2D eigenvalue weighted by Gasteiger charge is 2.49. The van der Waals surface area contributed by atoms with Crippen LogP contribution in [-0.2, 0) is 9.53 Å². The average Bonchev–Trinajstić information content (AvgIpc) is 3.85. The number of phenols is 1. The zero-order chi connectivity index (χ0) is 37.0. The number of carbonyl (C=O) groups excluding carboxylic acids is 1. The number of carbonyl (C=O) groups is 2. The van der Waals surface area contributed by atoms with Gasteiger partial charge in [-0.05, 0) is 68.7 Å². The van der Waals surface area contributed by atoms with Crippen molar-refractivity contribution in [2.24, 2.45) is 0 Å². The number of ether oxygens (including phenoxy) is 2. The van der Waals surface area contributed by atoms with Crippen LogP contribution in [0.15, 0.2) is 24.3 Å². The third-order valence-electron chi connectivity index (χ3n) is 11.7. The predicted molar refractivity (Wildman–Crippen MR) is 191 cm³/mol. The molecule has 1 saturated carbocycles. The summed E-state index contributed by atoms with van der Waals surface area (Å²) in [5.41, 5.74) is 0.529. The molecule has 2 aromatic carbocycles. The molecule has 9 rings (SSSR count). The Hall–Kier alpha value is -4.91. The highest BCUT2D eigenvalue weighted by molar-refractivity contribution is 6.17. The minimum Gasteiger partial charge on any atom is -0.508 e. The van der Waals surface area contributed by atoms with Crippen molar-refractivity contribution in [1.29, 1.82) is 0 Å². The number of nitrogens with zero attached hydrogens (tertiary/aromatic N) is 6. The van der Waals surface area contributed by atoms with Crippen LogP contribution in [0.5, 0.6) is 11.8 Å². The number of alkyl halides is 1. The lowest BCUT2D eigenvalue weighted by Gasteiger charge is -2.36. The number of carboxylic acid groups (broad SMARTS) is 1. The number of methoxy groups -OCH3 is 1. The van der Waals surface area contributed by atoms with Crippen LogP contribution >= 0.6 is 0 Å². The van der Waals surface area contributed by atoms with E-state index in [1.807, 2.05) is 4.57 Å². The number of benzene rings is 2. The maximum Gasteiger partial charge on any atom is 0.320 e. The van der Waals surface area contributed by atoms with Gasteiger partial charge in [-0.1, -0.05) is 12.0 Å². The second kappa shape index (κ2) is 13.8. The number of nitrogens with one attached hydrogen (secondary N) is 1. The van der Waals surface area contributed by atoms with E-state index in [4.69, 9.17) is 40.8 Å². The predicted octanol–water partition coefficient (Wildman–Crippen LogP) is 3.98. The van der Waals surface area contributed by atoms with Crippen LogP contribution in [0.2, 0.25) is 0 Å². The summed E-state index contributed by atoms with van der Waals surface area (Å²) in [4.78, 5) is 42.2. The fraction of sp³-hybridized carbons (Fsp3) is 0.500. The first kappa shape index (κ1) is 35.1. The largest absolute Gasteiger partial charge is 0.508 e. The van der Waals surface area contributed by atoms with Gasteiger partial charge in [-0.25, -0.2) is 13.8 Å². The molecule has 5 atom stereocenters. The summed E-state index contributed by atoms with van der Waals surface area (Å²) in [5, 5.41) is 21.9. The summed E-state index contributed by atoms with van der Waals surface area (Å²) in [5.74, 6) is 1.84. The summed E-state index contributed by atoms with van der Waals surface area (Å²) >= 11 is 0. The van der Waals surface area contributed by atoms with Gasteiger partial charge in [0.25, 0.3) is 6.47 Å². The van der Waals surface area contributed by atoms with Crippen LogP contribution in [-0.4, -0.2) is 117 Å². The summed E-state index contributed by atoms with van der Waals surface area (Å²) < 4.78 is 43.7. The number of imidazole rings is 1. The fourth-order valence-corrected chi connectivity index (χ4v) is 9.16. The van der Waals surface area contributed by atoms with E-state index in [0.29, 0.717) is 48.4 Å². The molecule has 1 aliphatic carbocycles. The number of piperazine rings is 1. The number of aromatic nitrogens is 4. The number of anilines is 1. The Balaban J connectivity index is 0.00000129. The molecular weight excluding hydrogens is 688 g/mol. The second-order valence-corrected chi connectivity index (χ2v) is 14.7. The topological polar surface area (TPSA) is 155 Å². The molecule has 0 spiro atoms. The number of ketones is 1. The third kappa shape index (κ3) is 6.02. The fourth-order valence-electron chi connectivity index (χ4n) is 9.16. The Morgan fingerprint density at radius 2 is 2.00 bits per heavy atom. The Morgan fingerprint density at radius 3 is 2.74 bits per heavy atom. The number of aromatic hydroxyl groups is 1. The minimum atomic E-state index is -0.897. The number of hydrogen-bond donors (Lipinski definition) is 3. The molecule has 0 radical (unpaired) electrons. The van der Waals surface area contributed by atoms with Crippen LogP contribution in [0.25, 0.3) is 21.9 Å². The average molecular weight is 730 g/mol. The van der Waals surface area contributed by atoms with Gasteiger partial charge in [-0.15, -0.1) is 6.42 Å². The molecule has 5 aliphatic rings. The van der Waals surface area contributed by atoms with Gasteiger partial charge in [-0.3, -0.25) is 14.5 Å². The van der Waals surface area contributed by atoms with Crippen molar-refractivity contribution < 1.29 is 38.1 Å². The lowest BCUT2D eigenvalue weighted by atomic mass is 9.91. The van der Waals surface area contributed by atoms with Gasteiger partial charge in [-0.2, -0.15) is 9.97 Å². The Labute approximate surface area is 304 Å². The van der Waals surface area contributed by atoms with E-state index in [1.165, 1.54) is 24.3 Å². The number of rotatable bonds is 8. The quantitative estimate of drug-likeness (QED) is 0.137. The van der Waals surface area contributed by atoms with Crippen molar-refractivity contribution in [3.63, 3.8) is 0 Å². The molecule has 278 valence electrons. The van der Waals surface area contributed by atoms with E-state index >= 15 is 4.39 Å². The molecule has 4 aromatic rings. The maximum absolute atomic E-state index is 15.0. The van der Waals surface area contributed by atoms with Gasteiger partial charge in [0.05, 0.1) is 23.2 Å². The van der Waals surface area contributed by atoms with Crippen LogP contribution < -0.4 is 15.0 Å². The molecule has 5 fully saturated rings. The number of fused-ring (bicyclic) bond motifs is 5. The van der Waals surface area contributed by atoms with Gasteiger partial charge in [0.2, 0.25) is 5.78 Å². The molecule has 2 bridgehead atoms. The standard InChI is InChI=1S/C37H39F2N7O4.CH2O2/c1-3-25-27(39)9-8-20-12-24(47)14-26(30(20)25)32(48)35-41-33-31(46(35)23-6-4-7-23)34(44-17-22-13-29(49-2)28(18-44)40-22)43-36(42-33)50-19-37-10-5-11-45(37)16-21(38)15-37;2-1-3/h1,8-9,12,14,21-23,28-29,40,47H,4-7,10-11,13,15-19H2,2H3;1H,(H,2,3)/t21?,22?,28?,29?,37-;/m0./s1. The summed E-state index contributed by atoms with van der Waals surface area (Å²) in [7, 11) is 1.73. The van der Waals surface area contributed by atoms with Crippen LogP contribution in [0.4, 0.5) is 14.6 Å². The first-order chi connectivity index (χ1) is 25.7. The molecule has 4 saturated heterocycles. The second-order valence-electron chi connectivity index (χ2n) is 14.7. The van der Waals surface area contributed by atoms with Crippen molar-refractivity contribution in [3.8, 4) is 24.1 Å². The summed E-state index contributed by atoms with van der Waals surface area (Å²) in [6, 6.07) is 5.85. The molecule has 6 heterocycles. The van der Waals surface area contributed by atoms with Crippen LogP contribution in [0.1, 0.15) is 72.7 Å². The van der Waals surface area contributed by atoms with E-state index in [2.05, 4.69) is 21.0 Å². The number of hydrogen-bond acceptors (Lipinski definition) is 11. The van der Waals surface area contributed by atoms with Crippen molar-refractivity contribution in [3.05, 3.63) is 47.0 Å². The molecule has 4 unspecified atom stereocenters. The normalized spacial score (nSPS) is 26.6. The van der Waals surface area contributed by atoms with E-state index in [0.717, 1.165) is 45.1 Å². The van der Waals surface area contributed by atoms with Crippen molar-refractivity contribution >= 4 is 40.0 Å². The van der Waals surface area contributed by atoms with Gasteiger partial charge in [0.1, 0.15) is 29.9 Å². The summed E-state index contributed by atoms with van der Waals surface area (Å²) in [6.07, 6.45) is 10.7. The zero-order valence-corrected chi connectivity index (χ0v) is 29.3. The molecule has 15 heteroatoms. The SMILES string of the molecule is C#Cc1c(F)ccc2cc(O)cc(C(=O)c3nc4nc(OC[C@@]56CCCN5CC(F)C6)nc(N5CC6CC(OC)C(C5)N6)c4n3C3CCC3)c12.O=CO. The van der Waals surface area contributed by atoms with E-state index in [-0.39, 0.29) is 71.4 Å². The molecule has 2 aromatic heterocycles. The Kier molecular flexibility index (Phi) is 9.16. The van der Waals surface area contributed by atoms with Crippen molar-refractivity contribution in [2.45, 2.75) is 80.9 Å². The van der Waals surface area contributed by atoms with Gasteiger partial charge < -0.3 is 34.5 Å². The third-order valence-corrected chi connectivity index (χ3v) is 11.7. The van der Waals surface area contributed by atoms with Crippen molar-refractivity contribution in [2.75, 3.05) is 44.8 Å². The lowest BCUT2D eigenvalue weighted by molar-refractivity contribution is -0.122. The minimum absolute atomic E-state index is 0.0437. The van der Waals surface area contributed by atoms with Gasteiger partial charge in [0.15, 0.2) is 17.3 Å². The van der Waals surface area contributed by atoms with E-state index in [9.17, 15) is 14.3 Å². The Morgan fingerprint density at radius 1 is 1.19 bits per heavy atom. The highest BCUT2D eigenvalue weighted by Crippen LogP contribution is 2.43. The van der Waals surface area contributed by atoms with Gasteiger partial charge >= 0.3 is 6.01 Å². The number of phenolic OH excluding ortho intramolecular Hbond substituents is 1. The zero-order valence-electron chi connectivity index (χ0n) is 29.3. The monoisotopic (exact) mass is 729 g/mol. The smallest absolute Gasteiger partial charge is 0.320 e. The van der Waals surface area contributed by atoms with Gasteiger partial charge in [0, 0.05) is 56.2 Å². The first-order valence-corrected chi connectivity index (χ1v) is 18.1. The first-order valence-electron chi connectivity index (χ1n) is 18.1. The Bertz CT molecular complexity index is 2140. The molecule has 3 N–H and O–H groups in total. The molecule has 4 aliphatic heterocycles. The van der Waals surface area contributed by atoms with Crippen LogP contribution in [0.3, 0.4) is 0 Å². The molecular formula is C38H41F2N7O6. The highest BCUT2D eigenvalue weighted by atomic mass is 19.1.